The summed E-state index contributed by atoms with van der Waals surface area (Å²) in [4.78, 5) is 13.8. The molecule has 0 radical (unpaired) electrons. The lowest BCUT2D eigenvalue weighted by Crippen LogP contribution is -2.12. The summed E-state index contributed by atoms with van der Waals surface area (Å²) in [5.41, 5.74) is 9.17. The highest BCUT2D eigenvalue weighted by molar-refractivity contribution is 5.73. The highest BCUT2D eigenvalue weighted by Gasteiger charge is 2.14. The van der Waals surface area contributed by atoms with Crippen LogP contribution >= 0.6 is 0 Å². The van der Waals surface area contributed by atoms with Gasteiger partial charge in [0.05, 0.1) is 18.7 Å². The minimum Gasteiger partial charge on any atom is -0.496 e. The van der Waals surface area contributed by atoms with Gasteiger partial charge in [-0.25, -0.2) is 4.79 Å². The molecule has 0 bridgehead atoms. The lowest BCUT2D eigenvalue weighted by atomic mass is 9.98. The maximum Gasteiger partial charge on any atom is 0.417 e. The second-order valence-electron chi connectivity index (χ2n) is 4.49. The van der Waals surface area contributed by atoms with Gasteiger partial charge in [-0.3, -0.25) is 4.98 Å². The number of oxazole rings is 1. The Morgan fingerprint density at radius 3 is 2.85 bits per heavy atom. The van der Waals surface area contributed by atoms with Crippen molar-refractivity contribution in [3.8, 4) is 5.75 Å². The lowest BCUT2D eigenvalue weighted by molar-refractivity contribution is 0.408. The number of rotatable bonds is 3. The smallest absolute Gasteiger partial charge is 0.417 e. The molecule has 0 amide bonds. The van der Waals surface area contributed by atoms with E-state index in [2.05, 4.69) is 4.98 Å². The zero-order valence-corrected chi connectivity index (χ0v) is 10.9. The van der Waals surface area contributed by atoms with Crippen molar-refractivity contribution in [2.45, 2.75) is 6.04 Å². The Bertz CT molecular complexity index is 804. The van der Waals surface area contributed by atoms with Crippen molar-refractivity contribution in [3.05, 3.63) is 64.1 Å². The molecule has 0 spiro atoms. The number of hydrogen-bond donors (Lipinski definition) is 2. The minimum absolute atomic E-state index is 0.351. The minimum atomic E-state index is -0.469. The molecule has 0 aliphatic heterocycles. The summed E-state index contributed by atoms with van der Waals surface area (Å²) < 4.78 is 10.4. The molecule has 3 rings (SSSR count). The van der Waals surface area contributed by atoms with Crippen molar-refractivity contribution in [2.75, 3.05) is 7.11 Å². The van der Waals surface area contributed by atoms with Gasteiger partial charge in [0, 0.05) is 5.56 Å². The highest BCUT2D eigenvalue weighted by Crippen LogP contribution is 2.29. The van der Waals surface area contributed by atoms with E-state index in [1.165, 1.54) is 0 Å². The van der Waals surface area contributed by atoms with E-state index in [1.807, 2.05) is 30.3 Å². The Hall–Kier alpha value is -2.53. The fraction of sp³-hybridized carbons (Fsp3) is 0.133. The number of H-pyrrole nitrogens is 1. The number of aromatic nitrogens is 1. The molecule has 20 heavy (non-hydrogen) atoms. The average Bonchev–Trinajstić information content (AvgIpc) is 2.85. The van der Waals surface area contributed by atoms with Crippen LogP contribution in [0.15, 0.2) is 51.7 Å². The Kier molecular flexibility index (Phi) is 3.04. The molecule has 0 saturated heterocycles. The summed E-state index contributed by atoms with van der Waals surface area (Å²) in [6.45, 7) is 0. The molecule has 2 aromatic carbocycles. The van der Waals surface area contributed by atoms with Crippen molar-refractivity contribution in [1.82, 2.24) is 4.98 Å². The van der Waals surface area contributed by atoms with Crippen LogP contribution in [0.2, 0.25) is 0 Å². The number of para-hydroxylation sites is 1. The maximum absolute atomic E-state index is 11.2. The number of ether oxygens (including phenoxy) is 1. The maximum atomic E-state index is 11.2. The third kappa shape index (κ3) is 2.08. The number of nitrogens with two attached hydrogens (primary N) is 1. The van der Waals surface area contributed by atoms with Gasteiger partial charge in [-0.05, 0) is 23.8 Å². The molecule has 0 aliphatic rings. The van der Waals surface area contributed by atoms with Gasteiger partial charge in [-0.2, -0.15) is 0 Å². The molecule has 0 fully saturated rings. The standard InChI is InChI=1S/C15H14N2O3/c1-19-12-5-3-2-4-10(12)14(16)9-6-7-11-13(8-9)20-15(18)17-11/h2-8,14H,16H2,1H3,(H,17,18). The summed E-state index contributed by atoms with van der Waals surface area (Å²) >= 11 is 0. The van der Waals surface area contributed by atoms with Crippen LogP contribution in [-0.2, 0) is 0 Å². The fourth-order valence-corrected chi connectivity index (χ4v) is 2.26. The zero-order valence-electron chi connectivity index (χ0n) is 10.9. The van der Waals surface area contributed by atoms with E-state index < -0.39 is 5.76 Å². The Morgan fingerprint density at radius 2 is 2.05 bits per heavy atom. The van der Waals surface area contributed by atoms with E-state index in [9.17, 15) is 4.79 Å². The third-order valence-corrected chi connectivity index (χ3v) is 3.28. The Balaban J connectivity index is 2.07. The molecular weight excluding hydrogens is 256 g/mol. The van der Waals surface area contributed by atoms with Crippen LogP contribution < -0.4 is 16.2 Å². The molecule has 102 valence electrons. The van der Waals surface area contributed by atoms with Gasteiger partial charge >= 0.3 is 5.76 Å². The van der Waals surface area contributed by atoms with Gasteiger partial charge in [0.15, 0.2) is 5.58 Å². The molecule has 5 heteroatoms. The normalized spacial score (nSPS) is 12.5. The topological polar surface area (TPSA) is 81.2 Å². The van der Waals surface area contributed by atoms with Gasteiger partial charge in [0.2, 0.25) is 0 Å². The SMILES string of the molecule is COc1ccccc1C(N)c1ccc2[nH]c(=O)oc2c1. The number of methoxy groups -OCH3 is 1. The molecule has 5 nitrogen and oxygen atoms in total. The number of fused-ring (bicyclic) bond motifs is 1. The van der Waals surface area contributed by atoms with Crippen molar-refractivity contribution >= 4 is 11.1 Å². The lowest BCUT2D eigenvalue weighted by Gasteiger charge is -2.15. The number of benzene rings is 2. The first-order valence-electron chi connectivity index (χ1n) is 6.20. The van der Waals surface area contributed by atoms with E-state index in [0.29, 0.717) is 11.1 Å². The second kappa shape index (κ2) is 4.86. The van der Waals surface area contributed by atoms with Crippen LogP contribution in [0.25, 0.3) is 11.1 Å². The van der Waals surface area contributed by atoms with Crippen molar-refractivity contribution < 1.29 is 9.15 Å². The quantitative estimate of drug-likeness (QED) is 0.764. The van der Waals surface area contributed by atoms with Crippen LogP contribution in [0.4, 0.5) is 0 Å². The zero-order chi connectivity index (χ0) is 14.1. The average molecular weight is 270 g/mol. The molecular formula is C15H14N2O3. The van der Waals surface area contributed by atoms with Crippen LogP contribution in [0.3, 0.4) is 0 Å². The van der Waals surface area contributed by atoms with Crippen LogP contribution in [0.5, 0.6) is 5.75 Å². The van der Waals surface area contributed by atoms with Crippen molar-refractivity contribution in [2.24, 2.45) is 5.73 Å². The molecule has 3 N–H and O–H groups in total. The van der Waals surface area contributed by atoms with Gasteiger partial charge in [0.1, 0.15) is 5.75 Å². The Morgan fingerprint density at radius 1 is 1.25 bits per heavy atom. The van der Waals surface area contributed by atoms with Crippen molar-refractivity contribution in [3.63, 3.8) is 0 Å². The first kappa shape index (κ1) is 12.5. The molecule has 1 heterocycles. The van der Waals surface area contributed by atoms with E-state index in [-0.39, 0.29) is 6.04 Å². The van der Waals surface area contributed by atoms with E-state index in [1.54, 1.807) is 19.2 Å². The van der Waals surface area contributed by atoms with Gasteiger partial charge < -0.3 is 14.9 Å². The van der Waals surface area contributed by atoms with Gasteiger partial charge in [-0.15, -0.1) is 0 Å². The molecule has 1 aromatic heterocycles. The first-order chi connectivity index (χ1) is 9.69. The largest absolute Gasteiger partial charge is 0.496 e. The number of nitrogens with one attached hydrogen (secondary N) is 1. The number of aromatic amines is 1. The van der Waals surface area contributed by atoms with Gasteiger partial charge in [-0.1, -0.05) is 24.3 Å². The summed E-state index contributed by atoms with van der Waals surface area (Å²) in [7, 11) is 1.61. The van der Waals surface area contributed by atoms with E-state index in [4.69, 9.17) is 14.9 Å². The predicted molar refractivity (Wildman–Crippen MR) is 75.9 cm³/mol. The third-order valence-electron chi connectivity index (χ3n) is 3.28. The van der Waals surface area contributed by atoms with Crippen molar-refractivity contribution in [1.29, 1.82) is 0 Å². The monoisotopic (exact) mass is 270 g/mol. The van der Waals surface area contributed by atoms with Crippen LogP contribution in [-0.4, -0.2) is 12.1 Å². The molecule has 0 saturated carbocycles. The highest BCUT2D eigenvalue weighted by atomic mass is 16.5. The molecule has 1 atom stereocenters. The molecule has 3 aromatic rings. The van der Waals surface area contributed by atoms with Crippen LogP contribution in [0.1, 0.15) is 17.2 Å². The summed E-state index contributed by atoms with van der Waals surface area (Å²) in [5, 5.41) is 0. The molecule has 0 aliphatic carbocycles. The van der Waals surface area contributed by atoms with E-state index in [0.717, 1.165) is 16.9 Å². The second-order valence-corrected chi connectivity index (χ2v) is 4.49. The summed E-state index contributed by atoms with van der Waals surface area (Å²) in [5.74, 6) is 0.263. The van der Waals surface area contributed by atoms with Crippen LogP contribution in [0, 0.1) is 0 Å². The number of hydrogen-bond acceptors (Lipinski definition) is 4. The Labute approximate surface area is 115 Å². The van der Waals surface area contributed by atoms with Gasteiger partial charge in [0.25, 0.3) is 0 Å². The predicted octanol–water partition coefficient (Wildman–Crippen LogP) is 2.18. The molecule has 1 unspecified atom stereocenters. The summed E-state index contributed by atoms with van der Waals surface area (Å²) in [6.07, 6.45) is 0. The summed E-state index contributed by atoms with van der Waals surface area (Å²) in [6, 6.07) is 12.7. The first-order valence-corrected chi connectivity index (χ1v) is 6.20. The fourth-order valence-electron chi connectivity index (χ4n) is 2.26. The van der Waals surface area contributed by atoms with E-state index >= 15 is 0 Å².